The van der Waals surface area contributed by atoms with E-state index in [0.29, 0.717) is 65.6 Å². The summed E-state index contributed by atoms with van der Waals surface area (Å²) in [5.74, 6) is 0.224. The lowest BCUT2D eigenvalue weighted by molar-refractivity contribution is -0.119. The molecule has 0 N–H and O–H groups in total. The van der Waals surface area contributed by atoms with E-state index < -0.39 is 0 Å². The Morgan fingerprint density at radius 2 is 1.72 bits per heavy atom. The minimum absolute atomic E-state index is 0.224. The molecule has 144 valence electrons. The zero-order valence-electron chi connectivity index (χ0n) is 15.6. The maximum Gasteiger partial charge on any atom is 0.134 e. The van der Waals surface area contributed by atoms with Gasteiger partial charge in [0, 0.05) is 19.4 Å². The SMILES string of the molecule is CCC(=O)CCn1cc(COCCOCCOCCOC(C)C)nn1. The quantitative estimate of drug-likeness (QED) is 0.416. The van der Waals surface area contributed by atoms with E-state index in [2.05, 4.69) is 10.3 Å². The molecule has 0 aliphatic rings. The highest BCUT2D eigenvalue weighted by atomic mass is 16.6. The lowest BCUT2D eigenvalue weighted by Gasteiger charge is -2.08. The fourth-order valence-corrected chi connectivity index (χ4v) is 1.89. The van der Waals surface area contributed by atoms with Gasteiger partial charge in [0.1, 0.15) is 11.5 Å². The van der Waals surface area contributed by atoms with Crippen molar-refractivity contribution in [2.75, 3.05) is 39.6 Å². The van der Waals surface area contributed by atoms with E-state index in [1.807, 2.05) is 20.8 Å². The van der Waals surface area contributed by atoms with Crippen molar-refractivity contribution in [2.24, 2.45) is 0 Å². The van der Waals surface area contributed by atoms with Crippen LogP contribution in [0, 0.1) is 0 Å². The van der Waals surface area contributed by atoms with E-state index in [4.69, 9.17) is 18.9 Å². The minimum atomic E-state index is 0.224. The molecule has 1 aromatic heterocycles. The van der Waals surface area contributed by atoms with E-state index in [0.717, 1.165) is 5.69 Å². The molecule has 0 atom stereocenters. The maximum absolute atomic E-state index is 11.3. The number of carbonyl (C=O) groups is 1. The molecule has 0 saturated carbocycles. The van der Waals surface area contributed by atoms with Gasteiger partial charge in [0.2, 0.25) is 0 Å². The van der Waals surface area contributed by atoms with Gasteiger partial charge in [0.15, 0.2) is 0 Å². The van der Waals surface area contributed by atoms with E-state index in [-0.39, 0.29) is 11.9 Å². The Kier molecular flexibility index (Phi) is 12.0. The first-order valence-electron chi connectivity index (χ1n) is 8.87. The highest BCUT2D eigenvalue weighted by Crippen LogP contribution is 1.99. The van der Waals surface area contributed by atoms with Crippen molar-refractivity contribution in [3.8, 4) is 0 Å². The Balaban J connectivity index is 1.93. The molecule has 0 aliphatic heterocycles. The molecule has 25 heavy (non-hydrogen) atoms. The van der Waals surface area contributed by atoms with Crippen LogP contribution in [0.25, 0.3) is 0 Å². The van der Waals surface area contributed by atoms with E-state index in [1.165, 1.54) is 0 Å². The summed E-state index contributed by atoms with van der Waals surface area (Å²) in [6, 6.07) is 0. The number of Topliss-reactive ketones (excluding diaryl/α,β-unsaturated/α-hetero) is 1. The van der Waals surface area contributed by atoms with Gasteiger partial charge in [-0.3, -0.25) is 9.48 Å². The summed E-state index contributed by atoms with van der Waals surface area (Å²) >= 11 is 0. The van der Waals surface area contributed by atoms with Gasteiger partial charge in [-0.1, -0.05) is 12.1 Å². The fraction of sp³-hybridized carbons (Fsp3) is 0.824. The highest BCUT2D eigenvalue weighted by molar-refractivity contribution is 5.77. The van der Waals surface area contributed by atoms with Crippen LogP contribution in [0.1, 0.15) is 39.3 Å². The van der Waals surface area contributed by atoms with Crippen LogP contribution in [0.4, 0.5) is 0 Å². The molecule has 1 rings (SSSR count). The molecule has 0 bridgehead atoms. The molecule has 8 nitrogen and oxygen atoms in total. The molecule has 8 heteroatoms. The number of aromatic nitrogens is 3. The lowest BCUT2D eigenvalue weighted by Crippen LogP contribution is -2.13. The second kappa shape index (κ2) is 13.9. The molecule has 0 unspecified atom stereocenters. The number of hydrogen-bond donors (Lipinski definition) is 0. The van der Waals surface area contributed by atoms with Crippen LogP contribution in [0.5, 0.6) is 0 Å². The third-order valence-electron chi connectivity index (χ3n) is 3.27. The third kappa shape index (κ3) is 11.8. The van der Waals surface area contributed by atoms with Crippen molar-refractivity contribution in [1.82, 2.24) is 15.0 Å². The summed E-state index contributed by atoms with van der Waals surface area (Å²) in [4.78, 5) is 11.3. The second-order valence-electron chi connectivity index (χ2n) is 5.81. The summed E-state index contributed by atoms with van der Waals surface area (Å²) in [7, 11) is 0. The standard InChI is InChI=1S/C17H31N3O5/c1-4-17(21)5-6-20-13-16(18-19-20)14-24-10-9-22-7-8-23-11-12-25-15(2)3/h13,15H,4-12,14H2,1-3H3. The number of ketones is 1. The van der Waals surface area contributed by atoms with Crippen LogP contribution in [-0.2, 0) is 36.9 Å². The second-order valence-corrected chi connectivity index (χ2v) is 5.81. The van der Waals surface area contributed by atoms with Gasteiger partial charge in [0.05, 0.1) is 58.5 Å². The van der Waals surface area contributed by atoms with Gasteiger partial charge in [-0.2, -0.15) is 0 Å². The fourth-order valence-electron chi connectivity index (χ4n) is 1.89. The summed E-state index contributed by atoms with van der Waals surface area (Å²) in [6.07, 6.45) is 3.08. The predicted molar refractivity (Wildman–Crippen MR) is 92.3 cm³/mol. The van der Waals surface area contributed by atoms with Crippen LogP contribution < -0.4 is 0 Å². The molecule has 0 amide bonds. The first-order valence-corrected chi connectivity index (χ1v) is 8.87. The average Bonchev–Trinajstić information content (AvgIpc) is 3.05. The minimum Gasteiger partial charge on any atom is -0.377 e. The van der Waals surface area contributed by atoms with Crippen molar-refractivity contribution in [3.05, 3.63) is 11.9 Å². The van der Waals surface area contributed by atoms with Crippen LogP contribution in [-0.4, -0.2) is 66.5 Å². The molecule has 0 aromatic carbocycles. The largest absolute Gasteiger partial charge is 0.377 e. The van der Waals surface area contributed by atoms with E-state index >= 15 is 0 Å². The van der Waals surface area contributed by atoms with Crippen molar-refractivity contribution in [3.63, 3.8) is 0 Å². The van der Waals surface area contributed by atoms with E-state index in [1.54, 1.807) is 10.9 Å². The Hall–Kier alpha value is -1.35. The number of aryl methyl sites for hydroxylation is 1. The van der Waals surface area contributed by atoms with Crippen molar-refractivity contribution in [1.29, 1.82) is 0 Å². The highest BCUT2D eigenvalue weighted by Gasteiger charge is 2.03. The van der Waals surface area contributed by atoms with Crippen molar-refractivity contribution in [2.45, 2.75) is 52.9 Å². The lowest BCUT2D eigenvalue weighted by atomic mass is 10.2. The predicted octanol–water partition coefficient (Wildman–Crippen LogP) is 1.62. The monoisotopic (exact) mass is 357 g/mol. The van der Waals surface area contributed by atoms with Gasteiger partial charge in [-0.15, -0.1) is 5.10 Å². The molecular formula is C17H31N3O5. The number of ether oxygens (including phenoxy) is 4. The Labute approximate surface area is 149 Å². The Morgan fingerprint density at radius 3 is 2.36 bits per heavy atom. The molecule has 1 heterocycles. The maximum atomic E-state index is 11.3. The average molecular weight is 357 g/mol. The van der Waals surface area contributed by atoms with Gasteiger partial charge in [-0.25, -0.2) is 0 Å². The van der Waals surface area contributed by atoms with Crippen LogP contribution >= 0.6 is 0 Å². The topological polar surface area (TPSA) is 84.7 Å². The third-order valence-corrected chi connectivity index (χ3v) is 3.27. The first kappa shape index (κ1) is 21.7. The van der Waals surface area contributed by atoms with Gasteiger partial charge in [0.25, 0.3) is 0 Å². The number of nitrogens with zero attached hydrogens (tertiary/aromatic N) is 3. The Bertz CT molecular complexity index is 465. The first-order chi connectivity index (χ1) is 12.1. The van der Waals surface area contributed by atoms with Gasteiger partial charge >= 0.3 is 0 Å². The van der Waals surface area contributed by atoms with Crippen LogP contribution in [0.2, 0.25) is 0 Å². The molecule has 0 spiro atoms. The molecule has 0 fully saturated rings. The van der Waals surface area contributed by atoms with Crippen molar-refractivity contribution < 1.29 is 23.7 Å². The molecular weight excluding hydrogens is 326 g/mol. The van der Waals surface area contributed by atoms with Crippen molar-refractivity contribution >= 4 is 5.78 Å². The molecule has 0 radical (unpaired) electrons. The summed E-state index contributed by atoms with van der Waals surface area (Å²) in [5.41, 5.74) is 0.748. The zero-order valence-corrected chi connectivity index (χ0v) is 15.6. The number of hydrogen-bond acceptors (Lipinski definition) is 7. The smallest absolute Gasteiger partial charge is 0.134 e. The van der Waals surface area contributed by atoms with Crippen LogP contribution in [0.3, 0.4) is 0 Å². The van der Waals surface area contributed by atoms with E-state index in [9.17, 15) is 4.79 Å². The normalized spacial score (nSPS) is 11.4. The molecule has 0 saturated heterocycles. The summed E-state index contributed by atoms with van der Waals surface area (Å²) in [5, 5.41) is 7.99. The number of rotatable bonds is 16. The number of carbonyl (C=O) groups excluding carboxylic acids is 1. The molecule has 1 aromatic rings. The van der Waals surface area contributed by atoms with Crippen LogP contribution in [0.15, 0.2) is 6.20 Å². The molecule has 0 aliphatic carbocycles. The van der Waals surface area contributed by atoms with Gasteiger partial charge < -0.3 is 18.9 Å². The zero-order chi connectivity index (χ0) is 18.3. The Morgan fingerprint density at radius 1 is 1.08 bits per heavy atom. The summed E-state index contributed by atoms with van der Waals surface area (Å²) in [6.45, 7) is 10.1. The summed E-state index contributed by atoms with van der Waals surface area (Å²) < 4.78 is 23.3. The van der Waals surface area contributed by atoms with Gasteiger partial charge in [-0.05, 0) is 13.8 Å².